The first-order chi connectivity index (χ1) is 8.56. The van der Waals surface area contributed by atoms with Crippen LogP contribution in [0.15, 0.2) is 22.7 Å². The third kappa shape index (κ3) is 3.32. The maximum Gasteiger partial charge on any atom is 0.251 e. The number of benzene rings is 1. The van der Waals surface area contributed by atoms with E-state index in [0.717, 1.165) is 12.8 Å². The second-order valence-electron chi connectivity index (χ2n) is 4.26. The SMILES string of the molecule is O=C(NC1CCS(=O)CC1)c1ccc(Br)c(O)c1. The number of hydrogen-bond acceptors (Lipinski definition) is 3. The molecule has 0 atom stereocenters. The van der Waals surface area contributed by atoms with Crippen LogP contribution in [0.5, 0.6) is 5.75 Å². The van der Waals surface area contributed by atoms with E-state index >= 15 is 0 Å². The van der Waals surface area contributed by atoms with Crippen molar-refractivity contribution in [2.45, 2.75) is 18.9 Å². The molecule has 0 aromatic heterocycles. The molecule has 0 radical (unpaired) electrons. The van der Waals surface area contributed by atoms with E-state index in [-0.39, 0.29) is 17.7 Å². The average Bonchev–Trinajstić information content (AvgIpc) is 2.35. The molecule has 0 unspecified atom stereocenters. The molecule has 1 saturated heterocycles. The first-order valence-electron chi connectivity index (χ1n) is 5.70. The zero-order chi connectivity index (χ0) is 13.1. The summed E-state index contributed by atoms with van der Waals surface area (Å²) in [5, 5.41) is 12.4. The number of nitrogens with one attached hydrogen (secondary N) is 1. The molecule has 6 heteroatoms. The Labute approximate surface area is 116 Å². The molecule has 18 heavy (non-hydrogen) atoms. The lowest BCUT2D eigenvalue weighted by Crippen LogP contribution is -2.39. The lowest BCUT2D eigenvalue weighted by molar-refractivity contribution is 0.0934. The fourth-order valence-corrected chi connectivity index (χ4v) is 3.41. The van der Waals surface area contributed by atoms with Crippen molar-refractivity contribution in [3.05, 3.63) is 28.2 Å². The van der Waals surface area contributed by atoms with Crippen LogP contribution in [-0.4, -0.2) is 32.8 Å². The smallest absolute Gasteiger partial charge is 0.251 e. The highest BCUT2D eigenvalue weighted by molar-refractivity contribution is 9.10. The Kier molecular flexibility index (Phi) is 4.40. The summed E-state index contributed by atoms with van der Waals surface area (Å²) in [6.45, 7) is 0. The molecule has 1 fully saturated rings. The Balaban J connectivity index is 1.99. The normalized spacial score (nSPS) is 23.6. The van der Waals surface area contributed by atoms with Crippen LogP contribution in [0.25, 0.3) is 0 Å². The molecule has 2 rings (SSSR count). The Bertz CT molecular complexity index is 482. The van der Waals surface area contributed by atoms with Crippen molar-refractivity contribution < 1.29 is 14.1 Å². The quantitative estimate of drug-likeness (QED) is 0.868. The zero-order valence-corrected chi connectivity index (χ0v) is 12.1. The second kappa shape index (κ2) is 5.84. The molecule has 0 saturated carbocycles. The molecule has 0 bridgehead atoms. The Morgan fingerprint density at radius 3 is 2.67 bits per heavy atom. The van der Waals surface area contributed by atoms with Gasteiger partial charge in [-0.15, -0.1) is 0 Å². The molecule has 1 aliphatic heterocycles. The Hall–Kier alpha value is -0.880. The van der Waals surface area contributed by atoms with Gasteiger partial charge >= 0.3 is 0 Å². The van der Waals surface area contributed by atoms with Crippen molar-refractivity contribution in [1.29, 1.82) is 0 Å². The number of carbonyl (C=O) groups is 1. The second-order valence-corrected chi connectivity index (χ2v) is 6.81. The van der Waals surface area contributed by atoms with Crippen LogP contribution >= 0.6 is 15.9 Å². The molecule has 1 aromatic rings. The van der Waals surface area contributed by atoms with E-state index in [4.69, 9.17) is 0 Å². The van der Waals surface area contributed by atoms with Crippen LogP contribution in [0.1, 0.15) is 23.2 Å². The number of carbonyl (C=O) groups excluding carboxylic acids is 1. The minimum atomic E-state index is -0.724. The van der Waals surface area contributed by atoms with Crippen molar-refractivity contribution in [3.63, 3.8) is 0 Å². The first-order valence-corrected chi connectivity index (χ1v) is 7.98. The van der Waals surface area contributed by atoms with Gasteiger partial charge in [0.1, 0.15) is 5.75 Å². The van der Waals surface area contributed by atoms with E-state index in [9.17, 15) is 14.1 Å². The van der Waals surface area contributed by atoms with Gasteiger partial charge in [-0.3, -0.25) is 9.00 Å². The van der Waals surface area contributed by atoms with E-state index in [2.05, 4.69) is 21.2 Å². The Morgan fingerprint density at radius 1 is 1.39 bits per heavy atom. The van der Waals surface area contributed by atoms with Gasteiger partial charge in [-0.25, -0.2) is 0 Å². The van der Waals surface area contributed by atoms with Crippen molar-refractivity contribution in [3.8, 4) is 5.75 Å². The standard InChI is InChI=1S/C12H14BrNO3S/c13-10-2-1-8(7-11(10)15)12(16)14-9-3-5-18(17)6-4-9/h1-2,7,9,15H,3-6H2,(H,14,16). The molecule has 0 aliphatic carbocycles. The van der Waals surface area contributed by atoms with Crippen LogP contribution in [0, 0.1) is 0 Å². The number of rotatable bonds is 2. The summed E-state index contributed by atoms with van der Waals surface area (Å²) < 4.78 is 11.8. The highest BCUT2D eigenvalue weighted by Gasteiger charge is 2.20. The first kappa shape index (κ1) is 13.5. The molecular formula is C12H14BrNO3S. The molecule has 4 nitrogen and oxygen atoms in total. The summed E-state index contributed by atoms with van der Waals surface area (Å²) in [7, 11) is -0.724. The number of halogens is 1. The van der Waals surface area contributed by atoms with Gasteiger partial charge in [-0.05, 0) is 47.0 Å². The summed E-state index contributed by atoms with van der Waals surface area (Å²) >= 11 is 3.17. The zero-order valence-electron chi connectivity index (χ0n) is 9.69. The Morgan fingerprint density at radius 2 is 2.06 bits per heavy atom. The van der Waals surface area contributed by atoms with E-state index in [1.165, 1.54) is 6.07 Å². The minimum Gasteiger partial charge on any atom is -0.507 e. The van der Waals surface area contributed by atoms with Gasteiger partial charge in [0.2, 0.25) is 0 Å². The molecule has 98 valence electrons. The lowest BCUT2D eigenvalue weighted by atomic mass is 10.1. The van der Waals surface area contributed by atoms with Gasteiger partial charge in [0, 0.05) is 33.9 Å². The summed E-state index contributed by atoms with van der Waals surface area (Å²) in [6.07, 6.45) is 1.50. The molecule has 2 N–H and O–H groups in total. The summed E-state index contributed by atoms with van der Waals surface area (Å²) in [5.74, 6) is 1.15. The maximum atomic E-state index is 11.9. The summed E-state index contributed by atoms with van der Waals surface area (Å²) in [5.41, 5.74) is 0.433. The van der Waals surface area contributed by atoms with E-state index in [1.807, 2.05) is 0 Å². The maximum absolute atomic E-state index is 11.9. The number of phenols is 1. The van der Waals surface area contributed by atoms with Crippen LogP contribution in [0.2, 0.25) is 0 Å². The van der Waals surface area contributed by atoms with Gasteiger partial charge in [0.05, 0.1) is 4.47 Å². The average molecular weight is 332 g/mol. The lowest BCUT2D eigenvalue weighted by Gasteiger charge is -2.22. The fraction of sp³-hybridized carbons (Fsp3) is 0.417. The molecule has 1 aliphatic rings. The van der Waals surface area contributed by atoms with Crippen molar-refractivity contribution in [2.75, 3.05) is 11.5 Å². The van der Waals surface area contributed by atoms with Crippen molar-refractivity contribution >= 4 is 32.6 Å². The molecule has 0 spiro atoms. The van der Waals surface area contributed by atoms with Gasteiger partial charge in [0.25, 0.3) is 5.91 Å². The number of phenolic OH excluding ortho intramolecular Hbond substituents is 1. The van der Waals surface area contributed by atoms with Crippen LogP contribution in [0.3, 0.4) is 0 Å². The van der Waals surface area contributed by atoms with Crippen molar-refractivity contribution in [1.82, 2.24) is 5.32 Å². The minimum absolute atomic E-state index is 0.0485. The number of hydrogen-bond donors (Lipinski definition) is 2. The topological polar surface area (TPSA) is 66.4 Å². The highest BCUT2D eigenvalue weighted by Crippen LogP contribution is 2.24. The van der Waals surface area contributed by atoms with Gasteiger partial charge < -0.3 is 10.4 Å². The fourth-order valence-electron chi connectivity index (χ4n) is 1.86. The van der Waals surface area contributed by atoms with Crippen LogP contribution < -0.4 is 5.32 Å². The summed E-state index contributed by atoms with van der Waals surface area (Å²) in [4.78, 5) is 11.9. The van der Waals surface area contributed by atoms with Crippen molar-refractivity contribution in [2.24, 2.45) is 0 Å². The highest BCUT2D eigenvalue weighted by atomic mass is 79.9. The van der Waals surface area contributed by atoms with Crippen LogP contribution in [-0.2, 0) is 10.8 Å². The van der Waals surface area contributed by atoms with Crippen LogP contribution in [0.4, 0.5) is 0 Å². The van der Waals surface area contributed by atoms with E-state index in [0.29, 0.717) is 21.5 Å². The molecular weight excluding hydrogens is 318 g/mol. The van der Waals surface area contributed by atoms with E-state index < -0.39 is 10.8 Å². The van der Waals surface area contributed by atoms with Gasteiger partial charge in [0.15, 0.2) is 0 Å². The van der Waals surface area contributed by atoms with Gasteiger partial charge in [-0.1, -0.05) is 0 Å². The van der Waals surface area contributed by atoms with E-state index in [1.54, 1.807) is 12.1 Å². The number of aromatic hydroxyl groups is 1. The molecule has 1 aromatic carbocycles. The predicted molar refractivity (Wildman–Crippen MR) is 74.2 cm³/mol. The number of amides is 1. The third-order valence-corrected chi connectivity index (χ3v) is 4.98. The predicted octanol–water partition coefficient (Wildman–Crippen LogP) is 1.80. The monoisotopic (exact) mass is 331 g/mol. The largest absolute Gasteiger partial charge is 0.507 e. The van der Waals surface area contributed by atoms with Gasteiger partial charge in [-0.2, -0.15) is 0 Å². The molecule has 1 amide bonds. The summed E-state index contributed by atoms with van der Waals surface area (Å²) in [6, 6.07) is 4.81. The third-order valence-electron chi connectivity index (χ3n) is 2.93. The molecule has 1 heterocycles.